The predicted octanol–water partition coefficient (Wildman–Crippen LogP) is 4.37. The quantitative estimate of drug-likeness (QED) is 0.695. The van der Waals surface area contributed by atoms with Gasteiger partial charge < -0.3 is 9.47 Å². The standard InChI is InChI=1S/C24H23NO2/c1-26-22-12-18-15-25-14-17-8-6-7-11-20(17)24(16-25,19-9-4-3-5-10-19)21(18)13-23(22)27-2/h3-13H,14-16H2,1-2H3. The summed E-state index contributed by atoms with van der Waals surface area (Å²) < 4.78 is 11.3. The summed E-state index contributed by atoms with van der Waals surface area (Å²) in [5, 5.41) is 0. The summed E-state index contributed by atoms with van der Waals surface area (Å²) in [5.74, 6) is 1.59. The molecule has 0 radical (unpaired) electrons. The molecule has 3 nitrogen and oxygen atoms in total. The molecule has 2 bridgehead atoms. The van der Waals surface area contributed by atoms with Gasteiger partial charge in [-0.3, -0.25) is 4.90 Å². The molecule has 3 heteroatoms. The number of benzene rings is 3. The first-order chi connectivity index (χ1) is 13.3. The van der Waals surface area contributed by atoms with Crippen LogP contribution in [-0.4, -0.2) is 25.7 Å². The van der Waals surface area contributed by atoms with Crippen LogP contribution in [0.1, 0.15) is 27.8 Å². The first-order valence-electron chi connectivity index (χ1n) is 9.38. The van der Waals surface area contributed by atoms with Crippen LogP contribution in [-0.2, 0) is 18.5 Å². The van der Waals surface area contributed by atoms with Crippen molar-refractivity contribution in [3.63, 3.8) is 0 Å². The predicted molar refractivity (Wildman–Crippen MR) is 106 cm³/mol. The third-order valence-corrected chi connectivity index (χ3v) is 6.06. The number of hydrogen-bond acceptors (Lipinski definition) is 3. The van der Waals surface area contributed by atoms with Gasteiger partial charge in [-0.25, -0.2) is 0 Å². The lowest BCUT2D eigenvalue weighted by Gasteiger charge is -2.50. The van der Waals surface area contributed by atoms with Gasteiger partial charge in [-0.1, -0.05) is 54.6 Å². The number of methoxy groups -OCH3 is 2. The number of rotatable bonds is 3. The Labute approximate surface area is 160 Å². The van der Waals surface area contributed by atoms with Gasteiger partial charge in [-0.2, -0.15) is 0 Å². The van der Waals surface area contributed by atoms with Crippen LogP contribution in [0.5, 0.6) is 11.5 Å². The van der Waals surface area contributed by atoms with Crippen molar-refractivity contribution in [1.29, 1.82) is 0 Å². The highest BCUT2D eigenvalue weighted by atomic mass is 16.5. The minimum Gasteiger partial charge on any atom is -0.493 e. The molecule has 3 aromatic rings. The molecule has 136 valence electrons. The molecular weight excluding hydrogens is 334 g/mol. The molecule has 2 heterocycles. The lowest BCUT2D eigenvalue weighted by molar-refractivity contribution is 0.183. The molecule has 0 aromatic heterocycles. The largest absolute Gasteiger partial charge is 0.493 e. The summed E-state index contributed by atoms with van der Waals surface area (Å²) in [6.07, 6.45) is 0. The number of hydrogen-bond donors (Lipinski definition) is 0. The molecule has 0 N–H and O–H groups in total. The van der Waals surface area contributed by atoms with Crippen LogP contribution in [0.4, 0.5) is 0 Å². The average molecular weight is 357 g/mol. The Kier molecular flexibility index (Phi) is 3.73. The highest BCUT2D eigenvalue weighted by Crippen LogP contribution is 2.51. The van der Waals surface area contributed by atoms with Gasteiger partial charge >= 0.3 is 0 Å². The Balaban J connectivity index is 1.87. The first kappa shape index (κ1) is 16.4. The highest BCUT2D eigenvalue weighted by Gasteiger charge is 2.47. The summed E-state index contributed by atoms with van der Waals surface area (Å²) in [4.78, 5) is 2.55. The first-order valence-corrected chi connectivity index (χ1v) is 9.38. The van der Waals surface area contributed by atoms with Gasteiger partial charge in [-0.15, -0.1) is 0 Å². The Bertz CT molecular complexity index is 999. The van der Waals surface area contributed by atoms with Crippen molar-refractivity contribution in [3.05, 3.63) is 94.5 Å². The minimum absolute atomic E-state index is 0.191. The molecule has 0 aliphatic carbocycles. The van der Waals surface area contributed by atoms with Crippen LogP contribution >= 0.6 is 0 Å². The SMILES string of the molecule is COc1cc2c(cc1OC)C1(c3ccccc3)CN(Cc3ccccc31)C2. The summed E-state index contributed by atoms with van der Waals surface area (Å²) >= 11 is 0. The zero-order valence-corrected chi connectivity index (χ0v) is 15.7. The van der Waals surface area contributed by atoms with E-state index in [0.717, 1.165) is 31.1 Å². The second kappa shape index (κ2) is 6.14. The molecular formula is C24H23NO2. The topological polar surface area (TPSA) is 21.7 Å². The summed E-state index contributed by atoms with van der Waals surface area (Å²) in [5.41, 5.74) is 6.60. The van der Waals surface area contributed by atoms with E-state index in [1.165, 1.54) is 27.8 Å². The monoisotopic (exact) mass is 357 g/mol. The molecule has 2 unspecified atom stereocenters. The van der Waals surface area contributed by atoms with E-state index in [1.54, 1.807) is 14.2 Å². The van der Waals surface area contributed by atoms with E-state index in [1.807, 2.05) is 0 Å². The molecule has 3 aromatic carbocycles. The molecule has 5 rings (SSSR count). The Morgan fingerprint density at radius 3 is 2.19 bits per heavy atom. The van der Waals surface area contributed by atoms with E-state index in [2.05, 4.69) is 71.6 Å². The molecule has 0 fully saturated rings. The minimum atomic E-state index is -0.191. The van der Waals surface area contributed by atoms with Gasteiger partial charge in [0.1, 0.15) is 0 Å². The van der Waals surface area contributed by atoms with Gasteiger partial charge in [-0.05, 0) is 39.9 Å². The molecule has 2 aliphatic heterocycles. The van der Waals surface area contributed by atoms with Crippen molar-refractivity contribution in [2.45, 2.75) is 18.5 Å². The van der Waals surface area contributed by atoms with E-state index in [4.69, 9.17) is 9.47 Å². The molecule has 0 spiro atoms. The van der Waals surface area contributed by atoms with Crippen molar-refractivity contribution in [2.24, 2.45) is 0 Å². The summed E-state index contributed by atoms with van der Waals surface area (Å²) in [6.45, 7) is 2.90. The van der Waals surface area contributed by atoms with E-state index in [-0.39, 0.29) is 5.41 Å². The van der Waals surface area contributed by atoms with Crippen LogP contribution in [0.2, 0.25) is 0 Å². The third kappa shape index (κ3) is 2.31. The molecule has 2 atom stereocenters. The van der Waals surface area contributed by atoms with Gasteiger partial charge in [0.15, 0.2) is 11.5 Å². The van der Waals surface area contributed by atoms with Gasteiger partial charge in [0.25, 0.3) is 0 Å². The van der Waals surface area contributed by atoms with Crippen LogP contribution in [0, 0.1) is 0 Å². The van der Waals surface area contributed by atoms with E-state index in [0.29, 0.717) is 0 Å². The van der Waals surface area contributed by atoms with Crippen LogP contribution in [0.3, 0.4) is 0 Å². The second-order valence-electron chi connectivity index (χ2n) is 7.44. The number of fused-ring (bicyclic) bond motifs is 6. The zero-order chi connectivity index (χ0) is 18.4. The van der Waals surface area contributed by atoms with Crippen molar-refractivity contribution in [3.8, 4) is 11.5 Å². The number of ether oxygens (including phenoxy) is 2. The smallest absolute Gasteiger partial charge is 0.161 e. The van der Waals surface area contributed by atoms with Crippen LogP contribution in [0.15, 0.2) is 66.7 Å². The third-order valence-electron chi connectivity index (χ3n) is 6.06. The van der Waals surface area contributed by atoms with E-state index in [9.17, 15) is 0 Å². The molecule has 0 saturated carbocycles. The Morgan fingerprint density at radius 1 is 0.741 bits per heavy atom. The van der Waals surface area contributed by atoms with Gasteiger partial charge in [0.05, 0.1) is 19.6 Å². The molecule has 2 aliphatic rings. The Hall–Kier alpha value is -2.78. The highest BCUT2D eigenvalue weighted by molar-refractivity contribution is 5.62. The summed E-state index contributed by atoms with van der Waals surface area (Å²) in [7, 11) is 3.42. The van der Waals surface area contributed by atoms with Crippen molar-refractivity contribution < 1.29 is 9.47 Å². The van der Waals surface area contributed by atoms with Gasteiger partial charge in [0.2, 0.25) is 0 Å². The second-order valence-corrected chi connectivity index (χ2v) is 7.44. The van der Waals surface area contributed by atoms with Crippen LogP contribution < -0.4 is 9.47 Å². The van der Waals surface area contributed by atoms with Gasteiger partial charge in [0, 0.05) is 19.6 Å². The maximum atomic E-state index is 5.67. The average Bonchev–Trinajstić information content (AvgIpc) is 2.73. The van der Waals surface area contributed by atoms with E-state index >= 15 is 0 Å². The summed E-state index contributed by atoms with van der Waals surface area (Å²) in [6, 6.07) is 24.1. The fourth-order valence-corrected chi connectivity index (χ4v) is 4.95. The fraction of sp³-hybridized carbons (Fsp3) is 0.250. The maximum absolute atomic E-state index is 5.67. The lowest BCUT2D eigenvalue weighted by atomic mass is 9.63. The maximum Gasteiger partial charge on any atom is 0.161 e. The molecule has 27 heavy (non-hydrogen) atoms. The molecule has 0 amide bonds. The lowest BCUT2D eigenvalue weighted by Crippen LogP contribution is -2.50. The van der Waals surface area contributed by atoms with Crippen molar-refractivity contribution in [1.82, 2.24) is 4.90 Å². The van der Waals surface area contributed by atoms with E-state index < -0.39 is 0 Å². The molecule has 0 saturated heterocycles. The number of nitrogens with zero attached hydrogens (tertiary/aromatic N) is 1. The zero-order valence-electron chi connectivity index (χ0n) is 15.7. The normalized spacial score (nSPS) is 22.5. The van der Waals surface area contributed by atoms with Crippen LogP contribution in [0.25, 0.3) is 0 Å². The Morgan fingerprint density at radius 2 is 1.41 bits per heavy atom. The van der Waals surface area contributed by atoms with Crippen molar-refractivity contribution >= 4 is 0 Å². The van der Waals surface area contributed by atoms with Crippen molar-refractivity contribution in [2.75, 3.05) is 20.8 Å². The fourth-order valence-electron chi connectivity index (χ4n) is 4.95.